The number of aromatic amines is 1. The number of carbonyl (C=O) groups excluding carboxylic acids is 1. The third-order valence-electron chi connectivity index (χ3n) is 2.64. The molecule has 1 aliphatic rings. The molecule has 1 aromatic rings. The second-order valence-corrected chi connectivity index (χ2v) is 3.50. The van der Waals surface area contributed by atoms with Gasteiger partial charge in [-0.2, -0.15) is 0 Å². The van der Waals surface area contributed by atoms with Crippen molar-refractivity contribution in [3.05, 3.63) is 18.2 Å². The van der Waals surface area contributed by atoms with Gasteiger partial charge in [0.25, 0.3) is 5.91 Å². The summed E-state index contributed by atoms with van der Waals surface area (Å²) >= 11 is 0. The van der Waals surface area contributed by atoms with Gasteiger partial charge in [0.2, 0.25) is 0 Å². The standard InChI is InChI=1S/C9H14N4O/c10-4-7-2-1-3-13(7)9(14)8-5-11-6-12-8/h5-7H,1-4,10H2,(H,11,12). The SMILES string of the molecule is NCC1CCCN1C(=O)c1cnc[nH]1. The molecule has 0 radical (unpaired) electrons. The number of hydrogen-bond acceptors (Lipinski definition) is 3. The van der Waals surface area contributed by atoms with E-state index in [9.17, 15) is 4.79 Å². The van der Waals surface area contributed by atoms with Crippen LogP contribution in [0.5, 0.6) is 0 Å². The Hall–Kier alpha value is -1.36. The number of hydrogen-bond donors (Lipinski definition) is 2. The van der Waals surface area contributed by atoms with Gasteiger partial charge in [-0.3, -0.25) is 4.79 Å². The van der Waals surface area contributed by atoms with Gasteiger partial charge in [0.05, 0.1) is 12.5 Å². The number of aromatic nitrogens is 2. The molecule has 3 N–H and O–H groups in total. The fraction of sp³-hybridized carbons (Fsp3) is 0.556. The summed E-state index contributed by atoms with van der Waals surface area (Å²) in [5.74, 6) is 0.00968. The van der Waals surface area contributed by atoms with Crippen molar-refractivity contribution in [1.82, 2.24) is 14.9 Å². The van der Waals surface area contributed by atoms with E-state index >= 15 is 0 Å². The maximum Gasteiger partial charge on any atom is 0.272 e. The Morgan fingerprint density at radius 2 is 2.64 bits per heavy atom. The Bertz CT molecular complexity index is 309. The summed E-state index contributed by atoms with van der Waals surface area (Å²) < 4.78 is 0. The van der Waals surface area contributed by atoms with Crippen LogP contribution in [0.1, 0.15) is 23.3 Å². The minimum Gasteiger partial charge on any atom is -0.341 e. The van der Waals surface area contributed by atoms with Crippen LogP contribution in [0.25, 0.3) is 0 Å². The van der Waals surface area contributed by atoms with Crippen molar-refractivity contribution in [3.8, 4) is 0 Å². The van der Waals surface area contributed by atoms with E-state index in [0.29, 0.717) is 12.2 Å². The lowest BCUT2D eigenvalue weighted by Crippen LogP contribution is -2.40. The van der Waals surface area contributed by atoms with Crippen LogP contribution < -0.4 is 5.73 Å². The number of nitrogens with zero attached hydrogens (tertiary/aromatic N) is 2. The number of nitrogens with two attached hydrogens (primary N) is 1. The van der Waals surface area contributed by atoms with Crippen LogP contribution >= 0.6 is 0 Å². The van der Waals surface area contributed by atoms with Crippen molar-refractivity contribution in [3.63, 3.8) is 0 Å². The van der Waals surface area contributed by atoms with Gasteiger partial charge in [0.15, 0.2) is 0 Å². The van der Waals surface area contributed by atoms with Crippen LogP contribution in [0.15, 0.2) is 12.5 Å². The van der Waals surface area contributed by atoms with E-state index in [0.717, 1.165) is 19.4 Å². The van der Waals surface area contributed by atoms with Crippen molar-refractivity contribution in [2.75, 3.05) is 13.1 Å². The van der Waals surface area contributed by atoms with Crippen molar-refractivity contribution in [2.24, 2.45) is 5.73 Å². The fourth-order valence-corrected chi connectivity index (χ4v) is 1.88. The average molecular weight is 194 g/mol. The van der Waals surface area contributed by atoms with E-state index in [1.165, 1.54) is 6.33 Å². The topological polar surface area (TPSA) is 75.0 Å². The van der Waals surface area contributed by atoms with Crippen LogP contribution in [-0.4, -0.2) is 39.9 Å². The maximum atomic E-state index is 11.9. The third-order valence-corrected chi connectivity index (χ3v) is 2.64. The lowest BCUT2D eigenvalue weighted by atomic mass is 10.2. The zero-order valence-electron chi connectivity index (χ0n) is 7.94. The molecule has 1 unspecified atom stereocenters. The first-order valence-corrected chi connectivity index (χ1v) is 4.82. The van der Waals surface area contributed by atoms with Gasteiger partial charge in [-0.25, -0.2) is 4.98 Å². The molecule has 5 nitrogen and oxygen atoms in total. The van der Waals surface area contributed by atoms with Gasteiger partial charge in [-0.05, 0) is 12.8 Å². The lowest BCUT2D eigenvalue weighted by molar-refractivity contribution is 0.0736. The molecule has 14 heavy (non-hydrogen) atoms. The highest BCUT2D eigenvalue weighted by atomic mass is 16.2. The number of H-pyrrole nitrogens is 1. The molecule has 5 heteroatoms. The third kappa shape index (κ3) is 1.50. The molecule has 76 valence electrons. The molecule has 2 heterocycles. The second-order valence-electron chi connectivity index (χ2n) is 3.50. The molecule has 1 amide bonds. The van der Waals surface area contributed by atoms with Gasteiger partial charge in [0, 0.05) is 19.1 Å². The monoisotopic (exact) mass is 194 g/mol. The van der Waals surface area contributed by atoms with E-state index < -0.39 is 0 Å². The molecule has 1 aromatic heterocycles. The van der Waals surface area contributed by atoms with Gasteiger partial charge < -0.3 is 15.6 Å². The maximum absolute atomic E-state index is 11.9. The molecular weight excluding hydrogens is 180 g/mol. The predicted octanol–water partition coefficient (Wildman–Crippen LogP) is -0.0270. The smallest absolute Gasteiger partial charge is 0.272 e. The number of imidazole rings is 1. The summed E-state index contributed by atoms with van der Waals surface area (Å²) in [6.07, 6.45) is 5.12. The summed E-state index contributed by atoms with van der Waals surface area (Å²) in [5, 5.41) is 0. The number of amides is 1. The highest BCUT2D eigenvalue weighted by Crippen LogP contribution is 2.18. The van der Waals surface area contributed by atoms with E-state index in [2.05, 4.69) is 9.97 Å². The molecule has 0 saturated carbocycles. The number of rotatable bonds is 2. The largest absolute Gasteiger partial charge is 0.341 e. The quantitative estimate of drug-likeness (QED) is 0.694. The fourth-order valence-electron chi connectivity index (χ4n) is 1.88. The minimum atomic E-state index is 0.00968. The molecule has 1 aliphatic heterocycles. The zero-order valence-corrected chi connectivity index (χ0v) is 7.94. The van der Waals surface area contributed by atoms with Crippen LogP contribution in [0.2, 0.25) is 0 Å². The van der Waals surface area contributed by atoms with E-state index in [4.69, 9.17) is 5.73 Å². The normalized spacial score (nSPS) is 21.5. The Morgan fingerprint density at radius 3 is 3.29 bits per heavy atom. The molecule has 1 fully saturated rings. The highest BCUT2D eigenvalue weighted by Gasteiger charge is 2.28. The molecule has 0 spiro atoms. The van der Waals surface area contributed by atoms with Crippen molar-refractivity contribution < 1.29 is 4.79 Å². The Morgan fingerprint density at radius 1 is 1.79 bits per heavy atom. The van der Waals surface area contributed by atoms with E-state index in [1.54, 1.807) is 6.20 Å². The summed E-state index contributed by atoms with van der Waals surface area (Å²) in [7, 11) is 0. The summed E-state index contributed by atoms with van der Waals surface area (Å²) in [6.45, 7) is 1.35. The molecule has 0 bridgehead atoms. The second kappa shape index (κ2) is 3.79. The Balaban J connectivity index is 2.11. The van der Waals surface area contributed by atoms with E-state index in [1.807, 2.05) is 4.90 Å². The van der Waals surface area contributed by atoms with Gasteiger partial charge in [0.1, 0.15) is 5.69 Å². The summed E-state index contributed by atoms with van der Waals surface area (Å²) in [6, 6.07) is 0.200. The molecule has 0 aromatic carbocycles. The van der Waals surface area contributed by atoms with Gasteiger partial charge >= 0.3 is 0 Å². The number of likely N-dealkylation sites (tertiary alicyclic amines) is 1. The van der Waals surface area contributed by atoms with Crippen molar-refractivity contribution in [2.45, 2.75) is 18.9 Å². The number of carbonyl (C=O) groups is 1. The summed E-state index contributed by atoms with van der Waals surface area (Å²) in [5.41, 5.74) is 6.14. The minimum absolute atomic E-state index is 0.00968. The van der Waals surface area contributed by atoms with Crippen LogP contribution in [0, 0.1) is 0 Å². The van der Waals surface area contributed by atoms with Crippen LogP contribution in [-0.2, 0) is 0 Å². The van der Waals surface area contributed by atoms with Gasteiger partial charge in [-0.15, -0.1) is 0 Å². The van der Waals surface area contributed by atoms with E-state index in [-0.39, 0.29) is 11.9 Å². The molecule has 1 saturated heterocycles. The molecule has 1 atom stereocenters. The zero-order chi connectivity index (χ0) is 9.97. The molecular formula is C9H14N4O. The average Bonchev–Trinajstić information content (AvgIpc) is 2.87. The Labute approximate surface area is 82.3 Å². The lowest BCUT2D eigenvalue weighted by Gasteiger charge is -2.22. The Kier molecular flexibility index (Phi) is 2.49. The number of nitrogens with one attached hydrogen (secondary N) is 1. The van der Waals surface area contributed by atoms with Crippen LogP contribution in [0.3, 0.4) is 0 Å². The van der Waals surface area contributed by atoms with Crippen molar-refractivity contribution in [1.29, 1.82) is 0 Å². The first-order valence-electron chi connectivity index (χ1n) is 4.82. The first-order chi connectivity index (χ1) is 6.83. The molecule has 2 rings (SSSR count). The first kappa shape index (κ1) is 9.21. The summed E-state index contributed by atoms with van der Waals surface area (Å²) in [4.78, 5) is 20.3. The predicted molar refractivity (Wildman–Crippen MR) is 51.7 cm³/mol. The van der Waals surface area contributed by atoms with Crippen LogP contribution in [0.4, 0.5) is 0 Å². The van der Waals surface area contributed by atoms with Crippen molar-refractivity contribution >= 4 is 5.91 Å². The van der Waals surface area contributed by atoms with Gasteiger partial charge in [-0.1, -0.05) is 0 Å². The molecule has 0 aliphatic carbocycles. The highest BCUT2D eigenvalue weighted by molar-refractivity contribution is 5.92.